The summed E-state index contributed by atoms with van der Waals surface area (Å²) in [5.74, 6) is 4.25. The summed E-state index contributed by atoms with van der Waals surface area (Å²) in [6.07, 6.45) is -37.1. The standard InChI is InChI=1S/2C20H40N4O10.C20H39N3O10.H3N3/c2*1-6(21)14-10(26)9(25)11(27)19(32-14)34-16-8(23)4-7(22)15(12(16)28)33-18-13(29)17(24-3)20(2,30)5-31-18;1-7(21)15-12(26)11(25)13(27)19(32-15)31-9-5-4-8(22)16(10(9)24)33-18-14(28)17(23-3)20(2,29)6-30-18;1-3-2/h2*6-19,24-30H,4-5,21-23H2,1-3H3;7-19,23-29H,4-6,21-22H2,1-3H3;(H3,1,2)/p+4/t6?,7-,8+,9+,10+,11-,12-,13-,14-,15+,16-,17-,18-,19-,20+;;7?,8-,9-,10+,11+,12+,13-,14-,15-,16+,17-,18-,19+,20+;/m1.1./s1. The van der Waals surface area contributed by atoms with Gasteiger partial charge in [-0.15, -0.1) is 0 Å². The van der Waals surface area contributed by atoms with E-state index in [1.807, 2.05) is 0 Å². The third-order valence-electron chi connectivity index (χ3n) is 20.9. The molecule has 6 saturated heterocycles. The molecule has 0 bridgehead atoms. The lowest BCUT2D eigenvalue weighted by molar-refractivity contribution is -0.695. The second-order valence-electron chi connectivity index (χ2n) is 29.8. The first-order chi connectivity index (χ1) is 48.4. The summed E-state index contributed by atoms with van der Waals surface area (Å²) in [5.41, 5.74) is 44.4. The average molecular weight is 1520 g/mol. The highest BCUT2D eigenvalue weighted by atomic mass is 16.7. The monoisotopic (exact) mass is 1520 g/mol. The molecule has 44 heteroatoms. The van der Waals surface area contributed by atoms with E-state index < -0.39 is 261 Å². The van der Waals surface area contributed by atoms with E-state index in [0.29, 0.717) is 12.8 Å². The molecule has 17 unspecified atom stereocenters. The summed E-state index contributed by atoms with van der Waals surface area (Å²) in [4.78, 5) is 0. The van der Waals surface area contributed by atoms with Crippen molar-refractivity contribution in [2.75, 3.05) is 41.0 Å². The smallest absolute Gasteiger partial charge is 0.190 e. The first kappa shape index (κ1) is 90.6. The van der Waals surface area contributed by atoms with Gasteiger partial charge in [0.05, 0.1) is 50.3 Å². The Balaban J connectivity index is 0.000000240. The zero-order valence-electron chi connectivity index (χ0n) is 60.1. The minimum absolute atomic E-state index is 0.0543. The van der Waals surface area contributed by atoms with Gasteiger partial charge in [-0.2, -0.15) is 11.4 Å². The van der Waals surface area contributed by atoms with Crippen LogP contribution in [-0.2, 0) is 56.8 Å². The molecule has 612 valence electrons. The molecule has 0 aromatic heterocycles. The third kappa shape index (κ3) is 20.7. The van der Waals surface area contributed by atoms with Crippen molar-refractivity contribution in [2.24, 2.45) is 45.5 Å². The zero-order valence-corrected chi connectivity index (χ0v) is 60.1. The fraction of sp³-hybridized carbons (Fsp3) is 1.00. The van der Waals surface area contributed by atoms with Crippen LogP contribution in [0.1, 0.15) is 67.2 Å². The molecule has 0 amide bonds. The Morgan fingerprint density at radius 1 is 0.452 bits per heavy atom. The van der Waals surface area contributed by atoms with Crippen molar-refractivity contribution in [1.82, 2.24) is 10.6 Å². The molecule has 0 radical (unpaired) electrons. The molecule has 6 aliphatic heterocycles. The number of hydrogen-bond donors (Lipinski definition) is 31. The summed E-state index contributed by atoms with van der Waals surface area (Å²) in [6, 6.07) is -7.34. The van der Waals surface area contributed by atoms with Crippen LogP contribution >= 0.6 is 0 Å². The molecule has 44 N–H and O–H groups in total. The van der Waals surface area contributed by atoms with E-state index in [-0.39, 0.29) is 38.7 Å². The lowest BCUT2D eigenvalue weighted by Gasteiger charge is -2.49. The Labute approximate surface area is 601 Å². The van der Waals surface area contributed by atoms with Gasteiger partial charge in [-0.3, -0.25) is 0 Å². The molecule has 3 aliphatic carbocycles. The summed E-state index contributed by atoms with van der Waals surface area (Å²) >= 11 is 0. The van der Waals surface area contributed by atoms with Crippen LogP contribution in [0, 0.1) is 0 Å². The van der Waals surface area contributed by atoms with E-state index in [0.717, 1.165) is 0 Å². The molecule has 9 aliphatic rings. The zero-order chi connectivity index (χ0) is 78.4. The van der Waals surface area contributed by atoms with Crippen LogP contribution in [0.15, 0.2) is 5.22 Å². The molecule has 0 aromatic carbocycles. The fourth-order valence-corrected chi connectivity index (χ4v) is 14.9. The second-order valence-corrected chi connectivity index (χ2v) is 29.8. The predicted molar refractivity (Wildman–Crippen MR) is 349 cm³/mol. The normalized spacial score (nSPS) is 51.7. The molecule has 6 heterocycles. The maximum atomic E-state index is 11.0. The van der Waals surface area contributed by atoms with Crippen molar-refractivity contribution < 1.29 is 171 Å². The van der Waals surface area contributed by atoms with Crippen molar-refractivity contribution in [1.29, 1.82) is 0 Å². The molecule has 9 rings (SSSR count). The van der Waals surface area contributed by atoms with E-state index in [9.17, 15) is 91.9 Å². The van der Waals surface area contributed by atoms with Crippen LogP contribution in [0.2, 0.25) is 0 Å². The van der Waals surface area contributed by atoms with Crippen LogP contribution < -0.4 is 73.2 Å². The number of nitrogens with zero attached hydrogens (tertiary/aromatic N) is 1. The number of aliphatic hydroxyl groups excluding tert-OH is 15. The summed E-state index contributed by atoms with van der Waals surface area (Å²) < 4.78 is 68.4. The van der Waals surface area contributed by atoms with Gasteiger partial charge in [0.15, 0.2) is 43.8 Å². The molecule has 0 spiro atoms. The number of likely N-dealkylation sites (N-methyl/N-ethyl adjacent to an activating group) is 3. The third-order valence-corrected chi connectivity index (χ3v) is 20.9. The summed E-state index contributed by atoms with van der Waals surface area (Å²) in [5, 5.41) is 198. The fourth-order valence-electron chi connectivity index (χ4n) is 14.9. The van der Waals surface area contributed by atoms with Gasteiger partial charge in [0.2, 0.25) is 0 Å². The minimum Gasteiger partial charge on any atom is -0.388 e. The average Bonchev–Trinajstić information content (AvgIpc) is 0.793. The van der Waals surface area contributed by atoms with Gasteiger partial charge in [-0.05, 0) is 74.9 Å². The van der Waals surface area contributed by atoms with E-state index in [1.54, 1.807) is 54.2 Å². The number of nitrogens with one attached hydrogen (secondary N) is 2. The highest BCUT2D eigenvalue weighted by Crippen LogP contribution is 2.37. The van der Waals surface area contributed by atoms with Crippen molar-refractivity contribution in [3.63, 3.8) is 0 Å². The lowest BCUT2D eigenvalue weighted by atomic mass is 9.84. The molecule has 3 saturated carbocycles. The Hall–Kier alpha value is -2.24. The maximum Gasteiger partial charge on any atom is 0.190 e. The molecule has 44 atom stereocenters. The SMILES string of the molecule is CNC1C(O)C(OC2C(N)CC(N)C(OC3OC(C(C)N)C(O)C(O)C3O)C2O)OCC1(C)O.CN[C@@H]1[C@@H](O)[C@@H](O[C@@H]2[C@@H](O)[C@H](O[C@H]3O[C@H](C(C)N)[C@@H](O)[C@H](O)[C@H]3O)[C@@H](N)C[C@H]2N)OC[C@]1(C)O.C[NH2+][C@@H]1[C@@H](O)[C@@H](O[C@@H]2[C@@H](O)[C@H](O[C@H]3O[C@H](C(C)[NH3+])[C@@H](O)[C@H](O)[C@H]3O)CC[C@H]2[NH3+])OC[C@]1(C)O.NN=[NH2+]. The summed E-state index contributed by atoms with van der Waals surface area (Å²) in [6.45, 7) is 9.08. The van der Waals surface area contributed by atoms with Crippen LogP contribution in [0.4, 0.5) is 0 Å². The van der Waals surface area contributed by atoms with Crippen LogP contribution in [-0.4, -0.2) is 400 Å². The summed E-state index contributed by atoms with van der Waals surface area (Å²) in [7, 11) is 4.88. The maximum absolute atomic E-state index is 11.0. The van der Waals surface area contributed by atoms with Crippen molar-refractivity contribution in [3.05, 3.63) is 0 Å². The van der Waals surface area contributed by atoms with Crippen LogP contribution in [0.5, 0.6) is 0 Å². The van der Waals surface area contributed by atoms with E-state index >= 15 is 0 Å². The number of hydrogen-bond acceptors (Lipinski definition) is 39. The largest absolute Gasteiger partial charge is 0.388 e. The molecular formula is C60H126N14O30+4. The Bertz CT molecular complexity index is 2460. The van der Waals surface area contributed by atoms with Gasteiger partial charge in [0.25, 0.3) is 0 Å². The van der Waals surface area contributed by atoms with Gasteiger partial charge in [0.1, 0.15) is 169 Å². The van der Waals surface area contributed by atoms with Crippen molar-refractivity contribution in [3.8, 4) is 0 Å². The van der Waals surface area contributed by atoms with E-state index in [4.69, 9.17) is 91.2 Å². The van der Waals surface area contributed by atoms with Crippen molar-refractivity contribution >= 4 is 0 Å². The topological polar surface area (TPSA) is 791 Å². The first-order valence-corrected chi connectivity index (χ1v) is 35.0. The highest BCUT2D eigenvalue weighted by molar-refractivity contribution is 5.06. The molecule has 9 fully saturated rings. The van der Waals surface area contributed by atoms with Gasteiger partial charge >= 0.3 is 0 Å². The Kier molecular flexibility index (Phi) is 33.4. The van der Waals surface area contributed by atoms with Gasteiger partial charge in [0, 0.05) is 42.7 Å². The quantitative estimate of drug-likeness (QED) is 0.0344. The number of ether oxygens (including phenoxy) is 12. The molecule has 104 heavy (non-hydrogen) atoms. The van der Waals surface area contributed by atoms with E-state index in [1.165, 1.54) is 13.8 Å². The van der Waals surface area contributed by atoms with Gasteiger partial charge in [-0.25, -0.2) is 0 Å². The molecular weight excluding hydrogens is 1400 g/mol. The molecule has 44 nitrogen and oxygen atoms in total. The Morgan fingerprint density at radius 2 is 0.760 bits per heavy atom. The van der Waals surface area contributed by atoms with Crippen molar-refractivity contribution in [2.45, 2.75) is 335 Å². The highest BCUT2D eigenvalue weighted by Gasteiger charge is 2.58. The van der Waals surface area contributed by atoms with Crippen LogP contribution in [0.25, 0.3) is 0 Å². The van der Waals surface area contributed by atoms with Gasteiger partial charge < -0.3 is 211 Å². The first-order valence-electron chi connectivity index (χ1n) is 35.0. The Morgan fingerprint density at radius 3 is 1.10 bits per heavy atom. The number of quaternary nitrogens is 3. The minimum atomic E-state index is -1.64. The van der Waals surface area contributed by atoms with Crippen LogP contribution in [0.3, 0.4) is 0 Å². The predicted octanol–water partition coefficient (Wildman–Crippen LogP) is -20.2. The lowest BCUT2D eigenvalue weighted by Crippen LogP contribution is -2.96. The molecule has 0 aromatic rings. The number of aliphatic hydroxyl groups is 18. The van der Waals surface area contributed by atoms with E-state index in [2.05, 4.69) is 38.7 Å². The number of rotatable bonds is 18. The van der Waals surface area contributed by atoms with Gasteiger partial charge in [-0.1, -0.05) is 0 Å². The second kappa shape index (κ2) is 38.3. The number of nitrogens with two attached hydrogens (primary N) is 9.